The topological polar surface area (TPSA) is 19.4 Å². The van der Waals surface area contributed by atoms with Crippen LogP contribution >= 0.6 is 0 Å². The molecule has 3 aliphatic rings. The van der Waals surface area contributed by atoms with E-state index in [1.807, 2.05) is 12.3 Å². The molecule has 0 fully saturated rings. The van der Waals surface area contributed by atoms with Crippen molar-refractivity contribution < 1.29 is 0 Å². The quantitative estimate of drug-likeness (QED) is 0.676. The van der Waals surface area contributed by atoms with Crippen LogP contribution < -0.4 is 9.80 Å². The van der Waals surface area contributed by atoms with Gasteiger partial charge < -0.3 is 9.80 Å². The van der Waals surface area contributed by atoms with Crippen molar-refractivity contribution in [1.82, 2.24) is 4.98 Å². The van der Waals surface area contributed by atoms with Gasteiger partial charge in [-0.2, -0.15) is 0 Å². The maximum Gasteiger partial charge on any atom is 0.158 e. The number of hydrogen-bond donors (Lipinski definition) is 0. The third-order valence-corrected chi connectivity index (χ3v) is 4.06. The number of nitrogens with zero attached hydrogens (tertiary/aromatic N) is 3. The van der Waals surface area contributed by atoms with Gasteiger partial charge in [0.05, 0.1) is 5.69 Å². The molecule has 3 heterocycles. The smallest absolute Gasteiger partial charge is 0.158 e. The lowest BCUT2D eigenvalue weighted by molar-refractivity contribution is 0.682. The minimum absolute atomic E-state index is 0.452. The normalized spacial score (nSPS) is 25.1. The van der Waals surface area contributed by atoms with Crippen LogP contribution in [-0.2, 0) is 0 Å². The summed E-state index contributed by atoms with van der Waals surface area (Å²) in [5, 5.41) is 0. The Labute approximate surface area is 101 Å². The van der Waals surface area contributed by atoms with Gasteiger partial charge in [-0.25, -0.2) is 4.98 Å². The lowest BCUT2D eigenvalue weighted by Crippen LogP contribution is -2.36. The molecule has 0 radical (unpaired) electrons. The molecule has 3 heteroatoms. The number of allylic oxidation sites excluding steroid dienone is 2. The molecule has 2 aliphatic heterocycles. The summed E-state index contributed by atoms with van der Waals surface area (Å²) in [5.74, 6) is 1.12. The summed E-state index contributed by atoms with van der Waals surface area (Å²) in [6.45, 7) is 0. The zero-order valence-electron chi connectivity index (χ0n) is 9.93. The molecule has 1 aliphatic carbocycles. The summed E-state index contributed by atoms with van der Waals surface area (Å²) in [5.41, 5.74) is 4.24. The van der Waals surface area contributed by atoms with Crippen LogP contribution in [0.15, 0.2) is 41.8 Å². The predicted octanol–water partition coefficient (Wildman–Crippen LogP) is 2.67. The van der Waals surface area contributed by atoms with Gasteiger partial charge in [-0.15, -0.1) is 0 Å². The molecule has 0 aromatic carbocycles. The van der Waals surface area contributed by atoms with Crippen molar-refractivity contribution in [3.63, 3.8) is 0 Å². The first-order valence-corrected chi connectivity index (χ1v) is 6.22. The van der Waals surface area contributed by atoms with E-state index in [1.165, 1.54) is 24.2 Å². The number of aromatic nitrogens is 1. The molecule has 1 aromatic heterocycles. The third-order valence-electron chi connectivity index (χ3n) is 4.06. The molecule has 0 saturated carbocycles. The molecule has 17 heavy (non-hydrogen) atoms. The second kappa shape index (κ2) is 3.13. The number of fused-ring (bicyclic) bond motifs is 4. The summed E-state index contributed by atoms with van der Waals surface area (Å²) < 4.78 is 0. The Balaban J connectivity index is 1.88. The summed E-state index contributed by atoms with van der Waals surface area (Å²) in [6, 6.07) is 4.18. The molecule has 86 valence electrons. The molecule has 0 saturated heterocycles. The van der Waals surface area contributed by atoms with E-state index in [1.54, 1.807) is 5.57 Å². The van der Waals surface area contributed by atoms with Gasteiger partial charge in [-0.1, -0.05) is 6.08 Å². The first-order chi connectivity index (χ1) is 8.36. The molecule has 3 nitrogen and oxygen atoms in total. The molecule has 0 N–H and O–H groups in total. The van der Waals surface area contributed by atoms with Crippen LogP contribution in [0.3, 0.4) is 0 Å². The summed E-state index contributed by atoms with van der Waals surface area (Å²) >= 11 is 0. The van der Waals surface area contributed by atoms with Crippen molar-refractivity contribution in [1.29, 1.82) is 0 Å². The summed E-state index contributed by atoms with van der Waals surface area (Å²) in [7, 11) is 2.17. The SMILES string of the molecule is CN1c2cccnc2N2C3=C(CCC=C3)CC12. The molecular weight excluding hydrogens is 210 g/mol. The Morgan fingerprint density at radius 2 is 2.35 bits per heavy atom. The van der Waals surface area contributed by atoms with Crippen molar-refractivity contribution in [2.24, 2.45) is 0 Å². The molecule has 1 atom stereocenters. The minimum Gasteiger partial charge on any atom is -0.351 e. The fraction of sp³-hybridized carbons (Fsp3) is 0.357. The van der Waals surface area contributed by atoms with Crippen molar-refractivity contribution >= 4 is 11.5 Å². The second-order valence-corrected chi connectivity index (χ2v) is 4.94. The maximum atomic E-state index is 4.56. The third kappa shape index (κ3) is 1.09. The highest BCUT2D eigenvalue weighted by molar-refractivity contribution is 5.78. The molecule has 0 bridgehead atoms. The lowest BCUT2D eigenvalue weighted by atomic mass is 10.0. The van der Waals surface area contributed by atoms with Crippen LogP contribution in [-0.4, -0.2) is 18.2 Å². The van der Waals surface area contributed by atoms with Gasteiger partial charge in [0.25, 0.3) is 0 Å². The van der Waals surface area contributed by atoms with E-state index >= 15 is 0 Å². The molecule has 0 spiro atoms. The Morgan fingerprint density at radius 1 is 1.41 bits per heavy atom. The highest BCUT2D eigenvalue weighted by Crippen LogP contribution is 2.47. The number of pyridine rings is 1. The first kappa shape index (κ1) is 9.28. The Kier molecular flexibility index (Phi) is 1.71. The second-order valence-electron chi connectivity index (χ2n) is 4.94. The van der Waals surface area contributed by atoms with Crippen LogP contribution in [0.2, 0.25) is 0 Å². The fourth-order valence-corrected chi connectivity index (χ4v) is 3.20. The van der Waals surface area contributed by atoms with E-state index in [0.717, 1.165) is 12.2 Å². The molecule has 1 aromatic rings. The predicted molar refractivity (Wildman–Crippen MR) is 68.9 cm³/mol. The average Bonchev–Trinajstić information content (AvgIpc) is 2.88. The van der Waals surface area contributed by atoms with Crippen molar-refractivity contribution in [3.8, 4) is 0 Å². The van der Waals surface area contributed by atoms with Gasteiger partial charge in [0, 0.05) is 25.4 Å². The maximum absolute atomic E-state index is 4.56. The Morgan fingerprint density at radius 3 is 3.29 bits per heavy atom. The lowest BCUT2D eigenvalue weighted by Gasteiger charge is -2.24. The van der Waals surface area contributed by atoms with Crippen LogP contribution in [0.5, 0.6) is 0 Å². The van der Waals surface area contributed by atoms with Gasteiger partial charge >= 0.3 is 0 Å². The van der Waals surface area contributed by atoms with Crippen LogP contribution in [0.25, 0.3) is 0 Å². The Hall–Kier alpha value is -1.77. The molecule has 1 unspecified atom stereocenters. The number of hydrogen-bond acceptors (Lipinski definition) is 3. The van der Waals surface area contributed by atoms with Crippen LogP contribution in [0.4, 0.5) is 11.5 Å². The average molecular weight is 225 g/mol. The summed E-state index contributed by atoms with van der Waals surface area (Å²) in [4.78, 5) is 9.32. The highest BCUT2D eigenvalue weighted by Gasteiger charge is 2.42. The highest BCUT2D eigenvalue weighted by atomic mass is 15.4. The largest absolute Gasteiger partial charge is 0.351 e. The molecule has 0 amide bonds. The fourth-order valence-electron chi connectivity index (χ4n) is 3.20. The van der Waals surface area contributed by atoms with Crippen molar-refractivity contribution in [2.45, 2.75) is 25.4 Å². The van der Waals surface area contributed by atoms with Crippen molar-refractivity contribution in [2.75, 3.05) is 16.8 Å². The van der Waals surface area contributed by atoms with E-state index in [4.69, 9.17) is 0 Å². The van der Waals surface area contributed by atoms with E-state index < -0.39 is 0 Å². The number of anilines is 2. The van der Waals surface area contributed by atoms with E-state index in [2.05, 4.69) is 40.0 Å². The summed E-state index contributed by atoms with van der Waals surface area (Å²) in [6.07, 6.45) is 10.5. The van der Waals surface area contributed by atoms with E-state index in [-0.39, 0.29) is 0 Å². The monoisotopic (exact) mass is 225 g/mol. The van der Waals surface area contributed by atoms with Gasteiger partial charge in [-0.3, -0.25) is 0 Å². The van der Waals surface area contributed by atoms with Gasteiger partial charge in [0.1, 0.15) is 6.17 Å². The first-order valence-electron chi connectivity index (χ1n) is 6.22. The molecule has 4 rings (SSSR count). The molecular formula is C14H15N3. The van der Waals surface area contributed by atoms with Crippen LogP contribution in [0, 0.1) is 0 Å². The van der Waals surface area contributed by atoms with E-state index in [9.17, 15) is 0 Å². The van der Waals surface area contributed by atoms with Gasteiger partial charge in [0.2, 0.25) is 0 Å². The number of rotatable bonds is 0. The zero-order chi connectivity index (χ0) is 11.4. The van der Waals surface area contributed by atoms with E-state index in [0.29, 0.717) is 6.17 Å². The van der Waals surface area contributed by atoms with Crippen molar-refractivity contribution in [3.05, 3.63) is 41.8 Å². The Bertz CT molecular complexity index is 544. The zero-order valence-corrected chi connectivity index (χ0v) is 9.93. The standard InChI is InChI=1S/C14H15N3/c1-16-12-7-4-8-15-14(12)17-11-6-3-2-5-10(11)9-13(16)17/h3-4,6-8,13H,2,5,9H2,1H3. The van der Waals surface area contributed by atoms with Gasteiger partial charge in [0.15, 0.2) is 5.82 Å². The van der Waals surface area contributed by atoms with Crippen LogP contribution in [0.1, 0.15) is 19.3 Å². The minimum atomic E-state index is 0.452. The van der Waals surface area contributed by atoms with Gasteiger partial charge in [-0.05, 0) is 36.6 Å².